The van der Waals surface area contributed by atoms with E-state index in [1.807, 2.05) is 12.1 Å². The Labute approximate surface area is 145 Å². The van der Waals surface area contributed by atoms with E-state index in [9.17, 15) is 4.79 Å². The van der Waals surface area contributed by atoms with Crippen LogP contribution in [0.25, 0.3) is 0 Å². The van der Waals surface area contributed by atoms with Crippen molar-refractivity contribution in [1.29, 1.82) is 0 Å². The average Bonchev–Trinajstić information content (AvgIpc) is 3.03. The number of rotatable bonds is 5. The molecule has 6 nitrogen and oxygen atoms in total. The van der Waals surface area contributed by atoms with Gasteiger partial charge in [0, 0.05) is 10.7 Å². The average molecular weight is 347 g/mol. The van der Waals surface area contributed by atoms with Crippen molar-refractivity contribution in [3.05, 3.63) is 52.4 Å². The maximum atomic E-state index is 12.7. The molecular formula is C17H19ClN4O2. The Hall–Kier alpha value is -2.34. The summed E-state index contributed by atoms with van der Waals surface area (Å²) in [6, 6.07) is 7.01. The third kappa shape index (κ3) is 3.01. The molecule has 0 bridgehead atoms. The maximum Gasteiger partial charge on any atom is 0.338 e. The van der Waals surface area contributed by atoms with Crippen LogP contribution in [0.15, 0.2) is 41.9 Å². The van der Waals surface area contributed by atoms with Gasteiger partial charge in [0.05, 0.1) is 12.2 Å². The lowest BCUT2D eigenvalue weighted by Crippen LogP contribution is -2.30. The quantitative estimate of drug-likeness (QED) is 0.838. The van der Waals surface area contributed by atoms with Crippen LogP contribution >= 0.6 is 11.6 Å². The predicted octanol–water partition coefficient (Wildman–Crippen LogP) is 3.56. The van der Waals surface area contributed by atoms with E-state index in [2.05, 4.69) is 22.3 Å². The number of nitrogens with one attached hydrogen (secondary N) is 1. The fraction of sp³-hybridized carbons (Fsp3) is 0.353. The van der Waals surface area contributed by atoms with E-state index in [1.165, 1.54) is 6.33 Å². The molecule has 1 aliphatic rings. The Bertz CT molecular complexity index is 767. The number of fused-ring (bicyclic) bond motifs is 1. The van der Waals surface area contributed by atoms with Crippen molar-refractivity contribution in [2.45, 2.75) is 32.7 Å². The first kappa shape index (κ1) is 16.5. The molecule has 24 heavy (non-hydrogen) atoms. The molecule has 2 heterocycles. The normalized spacial score (nSPS) is 16.5. The van der Waals surface area contributed by atoms with Crippen LogP contribution in [0, 0.1) is 0 Å². The monoisotopic (exact) mass is 346 g/mol. The molecule has 0 fully saturated rings. The van der Waals surface area contributed by atoms with Gasteiger partial charge in [-0.2, -0.15) is 10.1 Å². The largest absolute Gasteiger partial charge is 0.463 e. The molecule has 3 rings (SSSR count). The minimum Gasteiger partial charge on any atom is -0.463 e. The first-order chi connectivity index (χ1) is 11.7. The Morgan fingerprint density at radius 3 is 2.75 bits per heavy atom. The highest BCUT2D eigenvalue weighted by molar-refractivity contribution is 6.30. The van der Waals surface area contributed by atoms with E-state index in [0.29, 0.717) is 23.2 Å². The molecule has 1 aliphatic heterocycles. The van der Waals surface area contributed by atoms with Crippen molar-refractivity contribution in [1.82, 2.24) is 14.8 Å². The number of anilines is 1. The minimum absolute atomic E-state index is 0.319. The minimum atomic E-state index is -0.387. The van der Waals surface area contributed by atoms with Crippen molar-refractivity contribution < 1.29 is 9.53 Å². The molecule has 0 saturated heterocycles. The fourth-order valence-corrected chi connectivity index (χ4v) is 2.99. The van der Waals surface area contributed by atoms with Crippen LogP contribution in [0.4, 0.5) is 5.95 Å². The number of allylic oxidation sites excluding steroid dienone is 1. The molecule has 0 aliphatic carbocycles. The van der Waals surface area contributed by atoms with Crippen molar-refractivity contribution in [2.75, 3.05) is 11.9 Å². The zero-order valence-electron chi connectivity index (χ0n) is 13.6. The van der Waals surface area contributed by atoms with Crippen LogP contribution < -0.4 is 5.32 Å². The van der Waals surface area contributed by atoms with Gasteiger partial charge in [-0.25, -0.2) is 9.48 Å². The molecule has 0 radical (unpaired) electrons. The van der Waals surface area contributed by atoms with Gasteiger partial charge in [-0.1, -0.05) is 37.1 Å². The number of ether oxygens (including phenoxy) is 1. The third-order valence-corrected chi connectivity index (χ3v) is 4.11. The summed E-state index contributed by atoms with van der Waals surface area (Å²) in [5.41, 5.74) is 2.31. The van der Waals surface area contributed by atoms with Gasteiger partial charge in [0.25, 0.3) is 0 Å². The van der Waals surface area contributed by atoms with Gasteiger partial charge in [0.1, 0.15) is 12.4 Å². The topological polar surface area (TPSA) is 69.0 Å². The lowest BCUT2D eigenvalue weighted by Gasteiger charge is -2.29. The van der Waals surface area contributed by atoms with Gasteiger partial charge in [-0.15, -0.1) is 0 Å². The van der Waals surface area contributed by atoms with Crippen LogP contribution in [0.5, 0.6) is 0 Å². The van der Waals surface area contributed by atoms with Crippen molar-refractivity contribution in [3.63, 3.8) is 0 Å². The Kier molecular flexibility index (Phi) is 4.85. The highest BCUT2D eigenvalue weighted by Crippen LogP contribution is 2.36. The van der Waals surface area contributed by atoms with Crippen molar-refractivity contribution in [2.24, 2.45) is 0 Å². The molecule has 7 heteroatoms. The summed E-state index contributed by atoms with van der Waals surface area (Å²) in [5, 5.41) is 8.15. The van der Waals surface area contributed by atoms with Crippen LogP contribution in [0.2, 0.25) is 5.02 Å². The summed E-state index contributed by atoms with van der Waals surface area (Å²) >= 11 is 6.01. The highest BCUT2D eigenvalue weighted by Gasteiger charge is 2.35. The Balaban J connectivity index is 2.15. The highest BCUT2D eigenvalue weighted by atomic mass is 35.5. The summed E-state index contributed by atoms with van der Waals surface area (Å²) < 4.78 is 7.00. The number of benzene rings is 1. The second-order valence-corrected chi connectivity index (χ2v) is 5.91. The van der Waals surface area contributed by atoms with E-state index >= 15 is 0 Å². The molecule has 0 spiro atoms. The van der Waals surface area contributed by atoms with E-state index in [4.69, 9.17) is 16.3 Å². The second-order valence-electron chi connectivity index (χ2n) is 5.47. The van der Waals surface area contributed by atoms with Gasteiger partial charge >= 0.3 is 5.97 Å². The summed E-state index contributed by atoms with van der Waals surface area (Å²) in [5.74, 6) is 0.279. The van der Waals surface area contributed by atoms with E-state index in [-0.39, 0.29) is 12.0 Å². The number of nitrogens with zero attached hydrogens (tertiary/aromatic N) is 3. The molecule has 126 valence electrons. The molecule has 1 aromatic heterocycles. The molecule has 0 amide bonds. The van der Waals surface area contributed by atoms with Crippen LogP contribution in [-0.4, -0.2) is 27.3 Å². The molecule has 1 aromatic carbocycles. The lowest BCUT2D eigenvalue weighted by atomic mass is 9.94. The van der Waals surface area contributed by atoms with Crippen LogP contribution in [0.1, 0.15) is 38.3 Å². The number of esters is 1. The van der Waals surface area contributed by atoms with Crippen molar-refractivity contribution >= 4 is 23.5 Å². The number of hydrogen-bond donors (Lipinski definition) is 1. The summed E-state index contributed by atoms with van der Waals surface area (Å²) in [6.45, 7) is 4.18. The molecule has 2 aromatic rings. The van der Waals surface area contributed by atoms with E-state index in [1.54, 1.807) is 23.7 Å². The SMILES string of the molecule is CCCC1=C(C(=O)OCC)[C@@H](c2ccc(Cl)cc2)n2ncnc2N1. The van der Waals surface area contributed by atoms with Crippen LogP contribution in [0.3, 0.4) is 0 Å². The number of carbonyl (C=O) groups is 1. The summed E-state index contributed by atoms with van der Waals surface area (Å²) in [7, 11) is 0. The third-order valence-electron chi connectivity index (χ3n) is 3.86. The molecule has 0 unspecified atom stereocenters. The molecule has 1 atom stereocenters. The number of aromatic nitrogens is 3. The first-order valence-corrected chi connectivity index (χ1v) is 8.35. The smallest absolute Gasteiger partial charge is 0.338 e. The standard InChI is InChI=1S/C17H19ClN4O2/c1-3-5-13-14(16(23)24-4-2)15(11-6-8-12(18)9-7-11)22-17(21-13)19-10-20-22/h6-10,15H,3-5H2,1-2H3,(H,19,20,21)/t15-/m1/s1. The lowest BCUT2D eigenvalue weighted by molar-refractivity contribution is -0.139. The first-order valence-electron chi connectivity index (χ1n) is 7.97. The van der Waals surface area contributed by atoms with Gasteiger partial charge in [0.15, 0.2) is 0 Å². The van der Waals surface area contributed by atoms with E-state index in [0.717, 1.165) is 24.1 Å². The summed E-state index contributed by atoms with van der Waals surface area (Å²) in [4.78, 5) is 16.9. The maximum absolute atomic E-state index is 12.7. The zero-order chi connectivity index (χ0) is 17.1. The predicted molar refractivity (Wildman–Crippen MR) is 91.8 cm³/mol. The van der Waals surface area contributed by atoms with Gasteiger partial charge < -0.3 is 10.1 Å². The molecule has 0 saturated carbocycles. The Morgan fingerprint density at radius 2 is 2.08 bits per heavy atom. The van der Waals surface area contributed by atoms with Gasteiger partial charge in [-0.05, 0) is 31.0 Å². The Morgan fingerprint density at radius 1 is 1.33 bits per heavy atom. The fourth-order valence-electron chi connectivity index (χ4n) is 2.86. The summed E-state index contributed by atoms with van der Waals surface area (Å²) in [6.07, 6.45) is 3.10. The van der Waals surface area contributed by atoms with E-state index < -0.39 is 0 Å². The van der Waals surface area contributed by atoms with Gasteiger partial charge in [-0.3, -0.25) is 0 Å². The van der Waals surface area contributed by atoms with Gasteiger partial charge in [0.2, 0.25) is 5.95 Å². The molecule has 1 N–H and O–H groups in total. The number of halogens is 1. The second kappa shape index (κ2) is 7.05. The number of carbonyl (C=O) groups excluding carboxylic acids is 1. The van der Waals surface area contributed by atoms with Crippen molar-refractivity contribution in [3.8, 4) is 0 Å². The number of hydrogen-bond acceptors (Lipinski definition) is 5. The van der Waals surface area contributed by atoms with Crippen LogP contribution in [-0.2, 0) is 9.53 Å². The zero-order valence-corrected chi connectivity index (χ0v) is 14.4. The molecular weight excluding hydrogens is 328 g/mol.